The van der Waals surface area contributed by atoms with Crippen LogP contribution in [0.2, 0.25) is 0 Å². The summed E-state index contributed by atoms with van der Waals surface area (Å²) in [5.74, 6) is 0.356. The van der Waals surface area contributed by atoms with E-state index in [1.807, 2.05) is 0 Å². The normalized spacial score (nSPS) is 11.2. The molecular weight excluding hydrogens is 212 g/mol. The lowest BCUT2D eigenvalue weighted by Gasteiger charge is -1.98. The molecule has 0 aliphatic heterocycles. The van der Waals surface area contributed by atoms with Crippen LogP contribution < -0.4 is 0 Å². The standard InChI is InChI=1S/C10H12N2O2S/c1-8(9(13)14-2)4-7-15-10-11-5-3-6-12-10/h3-6H,7H2,1-2H3. The van der Waals surface area contributed by atoms with Crippen LogP contribution in [0.5, 0.6) is 0 Å². The van der Waals surface area contributed by atoms with E-state index in [0.29, 0.717) is 16.5 Å². The molecule has 0 aliphatic carbocycles. The van der Waals surface area contributed by atoms with Crippen LogP contribution >= 0.6 is 11.8 Å². The molecule has 0 N–H and O–H groups in total. The Labute approximate surface area is 92.8 Å². The van der Waals surface area contributed by atoms with Gasteiger partial charge in [-0.25, -0.2) is 14.8 Å². The van der Waals surface area contributed by atoms with Crippen molar-refractivity contribution in [3.8, 4) is 0 Å². The molecule has 5 heteroatoms. The fraction of sp³-hybridized carbons (Fsp3) is 0.300. The van der Waals surface area contributed by atoms with E-state index in [-0.39, 0.29) is 5.97 Å². The number of carbonyl (C=O) groups is 1. The van der Waals surface area contributed by atoms with Gasteiger partial charge in [0.2, 0.25) is 0 Å². The first-order valence-corrected chi connectivity index (χ1v) is 5.37. The molecule has 0 saturated heterocycles. The first-order chi connectivity index (χ1) is 7.24. The van der Waals surface area contributed by atoms with Crippen LogP contribution in [0, 0.1) is 0 Å². The summed E-state index contributed by atoms with van der Waals surface area (Å²) in [5, 5.41) is 0.700. The molecule has 80 valence electrons. The van der Waals surface area contributed by atoms with Crippen LogP contribution in [0.25, 0.3) is 0 Å². The number of aromatic nitrogens is 2. The van der Waals surface area contributed by atoms with Gasteiger partial charge in [-0.3, -0.25) is 0 Å². The molecule has 0 amide bonds. The van der Waals surface area contributed by atoms with E-state index in [4.69, 9.17) is 0 Å². The number of hydrogen-bond acceptors (Lipinski definition) is 5. The molecule has 0 radical (unpaired) electrons. The zero-order chi connectivity index (χ0) is 11.1. The summed E-state index contributed by atoms with van der Waals surface area (Å²) in [5.41, 5.74) is 0.598. The summed E-state index contributed by atoms with van der Waals surface area (Å²) in [6.45, 7) is 1.72. The minimum absolute atomic E-state index is 0.301. The smallest absolute Gasteiger partial charge is 0.333 e. The van der Waals surface area contributed by atoms with Crippen LogP contribution in [-0.2, 0) is 9.53 Å². The molecule has 0 fully saturated rings. The van der Waals surface area contributed by atoms with Crippen molar-refractivity contribution in [3.63, 3.8) is 0 Å². The number of hydrogen-bond donors (Lipinski definition) is 0. The Morgan fingerprint density at radius 3 is 2.80 bits per heavy atom. The summed E-state index contributed by atoms with van der Waals surface area (Å²) < 4.78 is 4.57. The van der Waals surface area contributed by atoms with Crippen LogP contribution in [0.4, 0.5) is 0 Å². The molecule has 4 nitrogen and oxygen atoms in total. The second kappa shape index (κ2) is 6.19. The van der Waals surface area contributed by atoms with Gasteiger partial charge in [0.25, 0.3) is 0 Å². The van der Waals surface area contributed by atoms with Crippen molar-refractivity contribution in [2.45, 2.75) is 12.1 Å². The monoisotopic (exact) mass is 224 g/mol. The lowest BCUT2D eigenvalue weighted by atomic mass is 10.3. The molecule has 0 atom stereocenters. The van der Waals surface area contributed by atoms with Gasteiger partial charge in [0.05, 0.1) is 7.11 Å². The van der Waals surface area contributed by atoms with E-state index in [2.05, 4.69) is 14.7 Å². The van der Waals surface area contributed by atoms with Crippen molar-refractivity contribution in [3.05, 3.63) is 30.1 Å². The van der Waals surface area contributed by atoms with Gasteiger partial charge in [0.1, 0.15) is 0 Å². The number of nitrogens with zero attached hydrogens (tertiary/aromatic N) is 2. The Kier molecular flexibility index (Phi) is 4.83. The third kappa shape index (κ3) is 4.12. The summed E-state index contributed by atoms with van der Waals surface area (Å²) in [7, 11) is 1.37. The Hall–Kier alpha value is -1.36. The molecule has 0 spiro atoms. The van der Waals surface area contributed by atoms with Crippen LogP contribution in [0.15, 0.2) is 35.3 Å². The topological polar surface area (TPSA) is 52.1 Å². The highest BCUT2D eigenvalue weighted by Gasteiger charge is 2.02. The largest absolute Gasteiger partial charge is 0.466 e. The predicted molar refractivity (Wildman–Crippen MR) is 58.5 cm³/mol. The van der Waals surface area contributed by atoms with Crippen molar-refractivity contribution >= 4 is 17.7 Å². The van der Waals surface area contributed by atoms with Gasteiger partial charge in [0, 0.05) is 23.7 Å². The molecule has 1 rings (SSSR count). The van der Waals surface area contributed by atoms with Gasteiger partial charge in [0.15, 0.2) is 5.16 Å². The fourth-order valence-corrected chi connectivity index (χ4v) is 1.60. The molecule has 0 aromatic carbocycles. The number of methoxy groups -OCH3 is 1. The van der Waals surface area contributed by atoms with E-state index in [9.17, 15) is 4.79 Å². The number of ether oxygens (including phenoxy) is 1. The first-order valence-electron chi connectivity index (χ1n) is 4.39. The van der Waals surface area contributed by atoms with Gasteiger partial charge < -0.3 is 4.74 Å². The molecule has 1 aromatic heterocycles. The van der Waals surface area contributed by atoms with E-state index >= 15 is 0 Å². The predicted octanol–water partition coefficient (Wildman–Crippen LogP) is 1.69. The fourth-order valence-electron chi connectivity index (χ4n) is 0.845. The van der Waals surface area contributed by atoms with Gasteiger partial charge in [-0.05, 0) is 13.0 Å². The third-order valence-corrected chi connectivity index (χ3v) is 2.45. The third-order valence-electron chi connectivity index (χ3n) is 1.65. The molecule has 0 aliphatic rings. The number of esters is 1. The number of carbonyl (C=O) groups excluding carboxylic acids is 1. The molecule has 1 heterocycles. The minimum Gasteiger partial charge on any atom is -0.466 e. The van der Waals surface area contributed by atoms with Gasteiger partial charge >= 0.3 is 5.97 Å². The van der Waals surface area contributed by atoms with Crippen molar-refractivity contribution in [1.29, 1.82) is 0 Å². The van der Waals surface area contributed by atoms with E-state index in [0.717, 1.165) is 0 Å². The minimum atomic E-state index is -0.301. The van der Waals surface area contributed by atoms with E-state index in [1.165, 1.54) is 18.9 Å². The summed E-state index contributed by atoms with van der Waals surface area (Å²) in [6, 6.07) is 1.76. The summed E-state index contributed by atoms with van der Waals surface area (Å²) in [4.78, 5) is 19.1. The molecule has 0 unspecified atom stereocenters. The van der Waals surface area contributed by atoms with Crippen molar-refractivity contribution in [2.75, 3.05) is 12.9 Å². The van der Waals surface area contributed by atoms with Crippen LogP contribution in [-0.4, -0.2) is 28.8 Å². The first kappa shape index (κ1) is 11.7. The Morgan fingerprint density at radius 2 is 2.20 bits per heavy atom. The molecule has 15 heavy (non-hydrogen) atoms. The zero-order valence-corrected chi connectivity index (χ0v) is 9.45. The van der Waals surface area contributed by atoms with Gasteiger partial charge in [-0.15, -0.1) is 0 Å². The lowest BCUT2D eigenvalue weighted by Crippen LogP contribution is -2.01. The highest BCUT2D eigenvalue weighted by Crippen LogP contribution is 2.11. The average Bonchev–Trinajstić information content (AvgIpc) is 2.29. The Bertz CT molecular complexity index is 352. The van der Waals surface area contributed by atoms with Gasteiger partial charge in [-0.2, -0.15) is 0 Å². The second-order valence-electron chi connectivity index (χ2n) is 2.72. The highest BCUT2D eigenvalue weighted by atomic mass is 32.2. The second-order valence-corrected chi connectivity index (χ2v) is 3.71. The maximum Gasteiger partial charge on any atom is 0.333 e. The number of rotatable bonds is 4. The van der Waals surface area contributed by atoms with Crippen LogP contribution in [0.1, 0.15) is 6.92 Å². The molecule has 0 saturated carbocycles. The van der Waals surface area contributed by atoms with Crippen molar-refractivity contribution in [1.82, 2.24) is 9.97 Å². The lowest BCUT2D eigenvalue weighted by molar-refractivity contribution is -0.136. The Balaban J connectivity index is 2.42. The summed E-state index contributed by atoms with van der Waals surface area (Å²) in [6.07, 6.45) is 5.17. The van der Waals surface area contributed by atoms with E-state index < -0.39 is 0 Å². The zero-order valence-electron chi connectivity index (χ0n) is 8.64. The average molecular weight is 224 g/mol. The van der Waals surface area contributed by atoms with Crippen molar-refractivity contribution < 1.29 is 9.53 Å². The van der Waals surface area contributed by atoms with Gasteiger partial charge in [-0.1, -0.05) is 17.8 Å². The number of thioether (sulfide) groups is 1. The van der Waals surface area contributed by atoms with E-state index in [1.54, 1.807) is 31.5 Å². The van der Waals surface area contributed by atoms with Crippen LogP contribution in [0.3, 0.4) is 0 Å². The molecule has 0 bridgehead atoms. The quantitative estimate of drug-likeness (QED) is 0.337. The summed E-state index contributed by atoms with van der Waals surface area (Å²) >= 11 is 1.47. The molecular formula is C10H12N2O2S. The maximum atomic E-state index is 11.0. The van der Waals surface area contributed by atoms with Crippen molar-refractivity contribution in [2.24, 2.45) is 0 Å². The SMILES string of the molecule is COC(=O)C(C)=CCSc1ncccn1. The molecule has 1 aromatic rings. The Morgan fingerprint density at radius 1 is 1.53 bits per heavy atom. The maximum absolute atomic E-state index is 11.0. The highest BCUT2D eigenvalue weighted by molar-refractivity contribution is 7.99.